The Balaban J connectivity index is 1.13. The third-order valence-electron chi connectivity index (χ3n) is 7.94. The summed E-state index contributed by atoms with van der Waals surface area (Å²) >= 11 is 0. The average molecular weight is 442 g/mol. The molecule has 0 bridgehead atoms. The van der Waals surface area contributed by atoms with E-state index in [0.29, 0.717) is 17.0 Å². The Hall–Kier alpha value is -3.21. The number of nitrogens with one attached hydrogen (secondary N) is 1. The zero-order valence-corrected chi connectivity index (χ0v) is 19.1. The molecule has 1 spiro atoms. The molecule has 2 aromatic carbocycles. The van der Waals surface area contributed by atoms with Gasteiger partial charge >= 0.3 is 0 Å². The van der Waals surface area contributed by atoms with Crippen molar-refractivity contribution < 1.29 is 9.18 Å². The van der Waals surface area contributed by atoms with E-state index in [-0.39, 0.29) is 17.8 Å². The number of hydrogen-bond acceptors (Lipinski definition) is 2. The predicted molar refractivity (Wildman–Crippen MR) is 129 cm³/mol. The van der Waals surface area contributed by atoms with Crippen LogP contribution in [0.25, 0.3) is 21.8 Å². The van der Waals surface area contributed by atoms with Gasteiger partial charge in [0.2, 0.25) is 0 Å². The summed E-state index contributed by atoms with van der Waals surface area (Å²) < 4.78 is 16.3. The fourth-order valence-corrected chi connectivity index (χ4v) is 6.47. The molecular weight excluding hydrogens is 413 g/mol. The van der Waals surface area contributed by atoms with Crippen LogP contribution in [-0.4, -0.2) is 21.5 Å². The second-order valence-electron chi connectivity index (χ2n) is 9.98. The molecule has 0 unspecified atom stereocenters. The van der Waals surface area contributed by atoms with Crippen LogP contribution in [0.15, 0.2) is 54.6 Å². The smallest absolute Gasteiger partial charge is 0.270 e. The molecule has 0 atom stereocenters. The monoisotopic (exact) mass is 441 g/mol. The number of amides is 1. The number of para-hydroxylation sites is 1. The average Bonchev–Trinajstić information content (AvgIpc) is 3.04. The van der Waals surface area contributed by atoms with Crippen LogP contribution in [0.1, 0.15) is 60.3 Å². The highest BCUT2D eigenvalue weighted by Crippen LogP contribution is 2.63. The summed E-state index contributed by atoms with van der Waals surface area (Å²) in [7, 11) is 0. The highest BCUT2D eigenvalue weighted by Gasteiger charge is 2.54. The van der Waals surface area contributed by atoms with Crippen LogP contribution in [0.5, 0.6) is 0 Å². The molecule has 0 aliphatic heterocycles. The van der Waals surface area contributed by atoms with Gasteiger partial charge in [0.25, 0.3) is 5.91 Å². The number of pyridine rings is 1. The largest absolute Gasteiger partial charge is 0.348 e. The van der Waals surface area contributed by atoms with Gasteiger partial charge in [-0.25, -0.2) is 9.37 Å². The van der Waals surface area contributed by atoms with Crippen molar-refractivity contribution in [2.75, 3.05) is 0 Å². The lowest BCUT2D eigenvalue weighted by Gasteiger charge is -2.58. The standard InChI is InChI=1S/C28H28FN3O/c1-3-32-17(2)26(22-12-20(29)9-11-25(22)32)19-13-28(14-19)15-21(16-28)30-27(33)24-10-8-18-6-4-5-7-23(18)31-24/h4-12,19,21H,3,13-16H2,1-2H3,(H,30,33). The van der Waals surface area contributed by atoms with E-state index < -0.39 is 0 Å². The van der Waals surface area contributed by atoms with Gasteiger partial charge in [0.05, 0.1) is 5.52 Å². The lowest BCUT2D eigenvalue weighted by atomic mass is 9.49. The molecule has 1 amide bonds. The Bertz CT molecular complexity index is 1390. The van der Waals surface area contributed by atoms with Crippen LogP contribution in [-0.2, 0) is 6.54 Å². The number of benzene rings is 2. The first-order chi connectivity index (χ1) is 16.0. The zero-order chi connectivity index (χ0) is 22.7. The van der Waals surface area contributed by atoms with Crippen molar-refractivity contribution in [2.24, 2.45) is 5.41 Å². The summed E-state index contributed by atoms with van der Waals surface area (Å²) in [6.45, 7) is 5.20. The Morgan fingerprint density at radius 3 is 2.70 bits per heavy atom. The molecule has 2 aromatic heterocycles. The molecular formula is C28H28FN3O. The fraction of sp³-hybridized carbons (Fsp3) is 0.357. The van der Waals surface area contributed by atoms with Gasteiger partial charge in [-0.3, -0.25) is 4.79 Å². The number of aromatic nitrogens is 2. The fourth-order valence-electron chi connectivity index (χ4n) is 6.47. The van der Waals surface area contributed by atoms with Gasteiger partial charge < -0.3 is 9.88 Å². The molecule has 2 saturated carbocycles. The lowest BCUT2D eigenvalue weighted by molar-refractivity contribution is -0.0186. The number of halogens is 1. The molecule has 6 rings (SSSR count). The quantitative estimate of drug-likeness (QED) is 0.415. The van der Waals surface area contributed by atoms with Crippen LogP contribution in [0, 0.1) is 18.2 Å². The van der Waals surface area contributed by atoms with Crippen molar-refractivity contribution in [2.45, 2.75) is 58.0 Å². The Kier molecular flexibility index (Phi) is 4.58. The summed E-state index contributed by atoms with van der Waals surface area (Å²) in [6.07, 6.45) is 4.27. The van der Waals surface area contributed by atoms with Crippen molar-refractivity contribution in [1.29, 1.82) is 0 Å². The van der Waals surface area contributed by atoms with E-state index in [2.05, 4.69) is 28.7 Å². The minimum absolute atomic E-state index is 0.0891. The van der Waals surface area contributed by atoms with Crippen LogP contribution < -0.4 is 5.32 Å². The van der Waals surface area contributed by atoms with E-state index in [1.807, 2.05) is 36.4 Å². The number of rotatable bonds is 4. The van der Waals surface area contributed by atoms with E-state index in [1.54, 1.807) is 18.2 Å². The maximum absolute atomic E-state index is 14.0. The predicted octanol–water partition coefficient (Wildman–Crippen LogP) is 6.11. The van der Waals surface area contributed by atoms with Crippen molar-refractivity contribution >= 4 is 27.7 Å². The number of nitrogens with zero attached hydrogens (tertiary/aromatic N) is 2. The maximum Gasteiger partial charge on any atom is 0.270 e. The van der Waals surface area contributed by atoms with Crippen molar-refractivity contribution in [3.63, 3.8) is 0 Å². The summed E-state index contributed by atoms with van der Waals surface area (Å²) in [4.78, 5) is 17.3. The van der Waals surface area contributed by atoms with Crippen LogP contribution >= 0.6 is 0 Å². The van der Waals surface area contributed by atoms with Gasteiger partial charge in [-0.05, 0) is 86.8 Å². The van der Waals surface area contributed by atoms with Crippen LogP contribution in [0.3, 0.4) is 0 Å². The zero-order valence-electron chi connectivity index (χ0n) is 19.1. The summed E-state index contributed by atoms with van der Waals surface area (Å²) in [5, 5.41) is 5.29. The minimum Gasteiger partial charge on any atom is -0.348 e. The molecule has 2 aliphatic rings. The normalized spacial score (nSPS) is 24.1. The summed E-state index contributed by atoms with van der Waals surface area (Å²) in [5.41, 5.74) is 5.37. The molecule has 4 aromatic rings. The topological polar surface area (TPSA) is 46.9 Å². The molecule has 2 fully saturated rings. The van der Waals surface area contributed by atoms with Gasteiger partial charge in [-0.1, -0.05) is 24.3 Å². The van der Waals surface area contributed by atoms with Gasteiger partial charge in [-0.2, -0.15) is 0 Å². The molecule has 2 heterocycles. The van der Waals surface area contributed by atoms with Gasteiger partial charge in [0.15, 0.2) is 0 Å². The molecule has 1 N–H and O–H groups in total. The molecule has 168 valence electrons. The van der Waals surface area contributed by atoms with Crippen LogP contribution in [0.4, 0.5) is 4.39 Å². The molecule has 5 heteroatoms. The van der Waals surface area contributed by atoms with Crippen molar-refractivity contribution in [3.05, 3.63) is 77.4 Å². The number of fused-ring (bicyclic) bond motifs is 2. The van der Waals surface area contributed by atoms with E-state index in [1.165, 1.54) is 11.3 Å². The molecule has 2 aliphatic carbocycles. The Morgan fingerprint density at radius 2 is 1.91 bits per heavy atom. The number of carbonyl (C=O) groups is 1. The van der Waals surface area contributed by atoms with Crippen molar-refractivity contribution in [1.82, 2.24) is 14.9 Å². The highest BCUT2D eigenvalue weighted by molar-refractivity contribution is 5.95. The maximum atomic E-state index is 14.0. The van der Waals surface area contributed by atoms with Crippen molar-refractivity contribution in [3.8, 4) is 0 Å². The van der Waals surface area contributed by atoms with Gasteiger partial charge in [0, 0.05) is 34.6 Å². The second kappa shape index (κ2) is 7.41. The first kappa shape index (κ1) is 20.4. The SMILES string of the molecule is CCn1c(C)c(C2CC3(CC(NC(=O)c4ccc5ccccc5n4)C3)C2)c2cc(F)ccc21. The summed E-state index contributed by atoms with van der Waals surface area (Å²) in [6, 6.07) is 17.0. The number of aryl methyl sites for hydroxylation is 1. The highest BCUT2D eigenvalue weighted by atomic mass is 19.1. The third kappa shape index (κ3) is 3.25. The molecule has 0 saturated heterocycles. The van der Waals surface area contributed by atoms with E-state index >= 15 is 0 Å². The number of hydrogen-bond donors (Lipinski definition) is 1. The first-order valence-corrected chi connectivity index (χ1v) is 11.9. The molecule has 0 radical (unpaired) electrons. The van der Waals surface area contributed by atoms with Gasteiger partial charge in [-0.15, -0.1) is 0 Å². The first-order valence-electron chi connectivity index (χ1n) is 11.9. The van der Waals surface area contributed by atoms with E-state index in [4.69, 9.17) is 0 Å². The Labute approximate surface area is 192 Å². The third-order valence-corrected chi connectivity index (χ3v) is 7.94. The lowest BCUT2D eigenvalue weighted by Crippen LogP contribution is -2.55. The summed E-state index contributed by atoms with van der Waals surface area (Å²) in [5.74, 6) is 0.217. The minimum atomic E-state index is -0.167. The van der Waals surface area contributed by atoms with E-state index in [9.17, 15) is 9.18 Å². The van der Waals surface area contributed by atoms with E-state index in [0.717, 1.165) is 54.0 Å². The second-order valence-corrected chi connectivity index (χ2v) is 9.98. The van der Waals surface area contributed by atoms with Crippen LogP contribution in [0.2, 0.25) is 0 Å². The number of carbonyl (C=O) groups excluding carboxylic acids is 1. The Morgan fingerprint density at radius 1 is 1.12 bits per heavy atom. The molecule has 4 nitrogen and oxygen atoms in total. The van der Waals surface area contributed by atoms with Gasteiger partial charge in [0.1, 0.15) is 11.5 Å². The molecule has 33 heavy (non-hydrogen) atoms.